The quantitative estimate of drug-likeness (QED) is 0.704. The molecule has 0 saturated carbocycles. The summed E-state index contributed by atoms with van der Waals surface area (Å²) in [5.41, 5.74) is 3.01. The monoisotopic (exact) mass is 333 g/mol. The number of benzene rings is 1. The molecule has 1 aromatic carbocycles. The largest absolute Gasteiger partial charge is 0.380 e. The molecule has 3 rings (SSSR count). The Hall–Kier alpha value is -3.21. The van der Waals surface area contributed by atoms with Crippen LogP contribution < -0.4 is 10.9 Å². The molecule has 0 aliphatic heterocycles. The van der Waals surface area contributed by atoms with Crippen molar-refractivity contribution in [2.24, 2.45) is 0 Å². The van der Waals surface area contributed by atoms with Gasteiger partial charge in [-0.05, 0) is 30.7 Å². The Morgan fingerprint density at radius 3 is 2.56 bits per heavy atom. The first-order valence-electron chi connectivity index (χ1n) is 8.06. The summed E-state index contributed by atoms with van der Waals surface area (Å²) in [6.07, 6.45) is 2.30. The van der Waals surface area contributed by atoms with Crippen LogP contribution in [0.5, 0.6) is 0 Å². The summed E-state index contributed by atoms with van der Waals surface area (Å²) < 4.78 is 1.57. The lowest BCUT2D eigenvalue weighted by molar-refractivity contribution is 0.112. The highest BCUT2D eigenvalue weighted by Crippen LogP contribution is 2.15. The van der Waals surface area contributed by atoms with E-state index in [0.29, 0.717) is 25.1 Å². The minimum atomic E-state index is -0.309. The van der Waals surface area contributed by atoms with Crippen LogP contribution in [0, 0.1) is 6.92 Å². The van der Waals surface area contributed by atoms with Gasteiger partial charge in [-0.3, -0.25) is 14.6 Å². The molecule has 0 radical (unpaired) electrons. The number of nitrogens with one attached hydrogen (secondary N) is 1. The molecule has 5 nitrogen and oxygen atoms in total. The summed E-state index contributed by atoms with van der Waals surface area (Å²) in [6.45, 7) is 2.74. The predicted octanol–water partition coefficient (Wildman–Crippen LogP) is 3.02. The highest BCUT2D eigenvalue weighted by molar-refractivity contribution is 5.83. The summed E-state index contributed by atoms with van der Waals surface area (Å²) in [6, 6.07) is 17.2. The van der Waals surface area contributed by atoms with Crippen LogP contribution >= 0.6 is 0 Å². The first-order chi connectivity index (χ1) is 12.2. The number of aromatic nitrogens is 2. The number of hydrogen-bond donors (Lipinski definition) is 1. The SMILES string of the molecule is Cc1cc(NCc2ccccc2)c(C=O)c(=O)n1Cc1ccccn1. The third kappa shape index (κ3) is 3.83. The van der Waals surface area contributed by atoms with Crippen molar-refractivity contribution in [3.8, 4) is 0 Å². The molecule has 2 heterocycles. The van der Waals surface area contributed by atoms with E-state index in [-0.39, 0.29) is 11.1 Å². The smallest absolute Gasteiger partial charge is 0.263 e. The molecule has 0 aliphatic carbocycles. The number of carbonyl (C=O) groups is 1. The Kier molecular flexibility index (Phi) is 5.04. The van der Waals surface area contributed by atoms with E-state index in [4.69, 9.17) is 0 Å². The van der Waals surface area contributed by atoms with Gasteiger partial charge in [0, 0.05) is 18.4 Å². The van der Waals surface area contributed by atoms with Gasteiger partial charge in [-0.2, -0.15) is 0 Å². The van der Waals surface area contributed by atoms with Crippen LogP contribution in [-0.2, 0) is 13.1 Å². The zero-order valence-corrected chi connectivity index (χ0v) is 14.0. The number of hydrogen-bond acceptors (Lipinski definition) is 4. The molecular formula is C20H19N3O2. The average Bonchev–Trinajstić information content (AvgIpc) is 2.65. The summed E-state index contributed by atoms with van der Waals surface area (Å²) in [5, 5.41) is 3.19. The molecule has 3 aromatic rings. The maximum Gasteiger partial charge on any atom is 0.263 e. The van der Waals surface area contributed by atoms with Crippen molar-refractivity contribution in [2.75, 3.05) is 5.32 Å². The fourth-order valence-corrected chi connectivity index (χ4v) is 2.69. The molecule has 0 unspecified atom stereocenters. The molecule has 0 atom stereocenters. The van der Waals surface area contributed by atoms with Crippen molar-refractivity contribution in [1.82, 2.24) is 9.55 Å². The predicted molar refractivity (Wildman–Crippen MR) is 97.9 cm³/mol. The van der Waals surface area contributed by atoms with Gasteiger partial charge >= 0.3 is 0 Å². The Morgan fingerprint density at radius 1 is 1.12 bits per heavy atom. The lowest BCUT2D eigenvalue weighted by atomic mass is 10.1. The second kappa shape index (κ2) is 7.57. The van der Waals surface area contributed by atoms with E-state index in [0.717, 1.165) is 17.0 Å². The first kappa shape index (κ1) is 16.6. The minimum Gasteiger partial charge on any atom is -0.380 e. The molecule has 0 saturated heterocycles. The molecule has 5 heteroatoms. The van der Waals surface area contributed by atoms with E-state index in [1.807, 2.05) is 61.5 Å². The number of nitrogens with zero attached hydrogens (tertiary/aromatic N) is 2. The Labute approximate surface area is 146 Å². The van der Waals surface area contributed by atoms with Crippen molar-refractivity contribution in [3.63, 3.8) is 0 Å². The highest BCUT2D eigenvalue weighted by atomic mass is 16.1. The second-order valence-electron chi connectivity index (χ2n) is 5.78. The third-order valence-electron chi connectivity index (χ3n) is 4.03. The van der Waals surface area contributed by atoms with Gasteiger partial charge in [-0.1, -0.05) is 36.4 Å². The van der Waals surface area contributed by atoms with Crippen molar-refractivity contribution in [2.45, 2.75) is 20.0 Å². The van der Waals surface area contributed by atoms with Gasteiger partial charge in [-0.15, -0.1) is 0 Å². The normalized spacial score (nSPS) is 10.4. The van der Waals surface area contributed by atoms with Gasteiger partial charge in [0.15, 0.2) is 6.29 Å². The Balaban J connectivity index is 1.90. The fraction of sp³-hybridized carbons (Fsp3) is 0.150. The molecular weight excluding hydrogens is 314 g/mol. The second-order valence-corrected chi connectivity index (χ2v) is 5.78. The van der Waals surface area contributed by atoms with E-state index in [9.17, 15) is 9.59 Å². The molecule has 0 bridgehead atoms. The summed E-state index contributed by atoms with van der Waals surface area (Å²) in [5.74, 6) is 0. The summed E-state index contributed by atoms with van der Waals surface area (Å²) in [4.78, 5) is 28.5. The molecule has 0 fully saturated rings. The van der Waals surface area contributed by atoms with E-state index in [2.05, 4.69) is 10.3 Å². The standard InChI is InChI=1S/C20H19N3O2/c1-15-11-19(22-12-16-7-3-2-4-8-16)18(14-24)20(25)23(15)13-17-9-5-6-10-21-17/h2-11,14,22H,12-13H2,1H3. The van der Waals surface area contributed by atoms with Gasteiger partial charge in [0.1, 0.15) is 5.56 Å². The van der Waals surface area contributed by atoms with E-state index < -0.39 is 0 Å². The van der Waals surface area contributed by atoms with Crippen molar-refractivity contribution in [1.29, 1.82) is 0 Å². The molecule has 0 spiro atoms. The van der Waals surface area contributed by atoms with E-state index >= 15 is 0 Å². The van der Waals surface area contributed by atoms with Crippen LogP contribution in [0.15, 0.2) is 65.6 Å². The molecule has 0 aliphatic rings. The Bertz CT molecular complexity index is 919. The highest BCUT2D eigenvalue weighted by Gasteiger charge is 2.13. The van der Waals surface area contributed by atoms with Crippen LogP contribution in [-0.4, -0.2) is 15.8 Å². The maximum atomic E-state index is 12.7. The van der Waals surface area contributed by atoms with Gasteiger partial charge in [0.25, 0.3) is 5.56 Å². The Morgan fingerprint density at radius 2 is 1.88 bits per heavy atom. The van der Waals surface area contributed by atoms with Crippen molar-refractivity contribution in [3.05, 3.63) is 93.7 Å². The number of carbonyl (C=O) groups excluding carboxylic acids is 1. The van der Waals surface area contributed by atoms with Gasteiger partial charge in [0.05, 0.1) is 17.9 Å². The van der Waals surface area contributed by atoms with E-state index in [1.165, 1.54) is 0 Å². The van der Waals surface area contributed by atoms with Crippen molar-refractivity contribution < 1.29 is 4.79 Å². The van der Waals surface area contributed by atoms with E-state index in [1.54, 1.807) is 10.8 Å². The molecule has 1 N–H and O–H groups in total. The number of pyridine rings is 2. The minimum absolute atomic E-state index is 0.137. The summed E-state index contributed by atoms with van der Waals surface area (Å²) in [7, 11) is 0. The van der Waals surface area contributed by atoms with Gasteiger partial charge in [0.2, 0.25) is 0 Å². The lowest BCUT2D eigenvalue weighted by Crippen LogP contribution is -2.27. The number of aryl methyl sites for hydroxylation is 1. The lowest BCUT2D eigenvalue weighted by Gasteiger charge is -2.15. The van der Waals surface area contributed by atoms with Crippen molar-refractivity contribution >= 4 is 12.0 Å². The first-order valence-corrected chi connectivity index (χ1v) is 8.06. The zero-order chi connectivity index (χ0) is 17.6. The third-order valence-corrected chi connectivity index (χ3v) is 4.03. The molecule has 0 amide bonds. The summed E-state index contributed by atoms with van der Waals surface area (Å²) >= 11 is 0. The number of rotatable bonds is 6. The number of anilines is 1. The van der Waals surface area contributed by atoms with Crippen LogP contribution in [0.3, 0.4) is 0 Å². The zero-order valence-electron chi connectivity index (χ0n) is 14.0. The topological polar surface area (TPSA) is 64.0 Å². The maximum absolute atomic E-state index is 12.7. The van der Waals surface area contributed by atoms with Crippen LogP contribution in [0.25, 0.3) is 0 Å². The van der Waals surface area contributed by atoms with Crippen LogP contribution in [0.4, 0.5) is 5.69 Å². The van der Waals surface area contributed by atoms with Gasteiger partial charge in [-0.25, -0.2) is 0 Å². The number of aldehydes is 1. The van der Waals surface area contributed by atoms with Gasteiger partial charge < -0.3 is 9.88 Å². The van der Waals surface area contributed by atoms with Crippen LogP contribution in [0.1, 0.15) is 27.3 Å². The fourth-order valence-electron chi connectivity index (χ4n) is 2.69. The van der Waals surface area contributed by atoms with Crippen LogP contribution in [0.2, 0.25) is 0 Å². The molecule has 126 valence electrons. The average molecular weight is 333 g/mol. The molecule has 25 heavy (non-hydrogen) atoms. The molecule has 2 aromatic heterocycles.